The van der Waals surface area contributed by atoms with E-state index in [9.17, 15) is 14.4 Å². The average Bonchev–Trinajstić information content (AvgIpc) is 3.19. The van der Waals surface area contributed by atoms with Crippen molar-refractivity contribution in [2.45, 2.75) is 12.8 Å². The smallest absolute Gasteiger partial charge is 0.294 e. The molecule has 2 fully saturated rings. The fourth-order valence-electron chi connectivity index (χ4n) is 2.88. The van der Waals surface area contributed by atoms with Gasteiger partial charge in [-0.2, -0.15) is 0 Å². The Bertz CT molecular complexity index is 806. The van der Waals surface area contributed by atoms with Crippen LogP contribution in [0.4, 0.5) is 4.79 Å². The zero-order valence-corrected chi connectivity index (χ0v) is 17.9. The van der Waals surface area contributed by atoms with E-state index in [0.717, 1.165) is 38.4 Å². The molecule has 0 atom stereocenters. The molecule has 0 spiro atoms. The summed E-state index contributed by atoms with van der Waals surface area (Å²) in [4.78, 5) is 40.1. The topological polar surface area (TPSA) is 66.9 Å². The number of rotatable bonds is 4. The van der Waals surface area contributed by atoms with E-state index in [1.165, 1.54) is 7.11 Å². The summed E-state index contributed by atoms with van der Waals surface area (Å²) in [6.07, 6.45) is 3.54. The van der Waals surface area contributed by atoms with Gasteiger partial charge in [0.1, 0.15) is 12.3 Å². The van der Waals surface area contributed by atoms with Gasteiger partial charge in [-0.3, -0.25) is 19.3 Å². The van der Waals surface area contributed by atoms with Crippen LogP contribution in [0.15, 0.2) is 26.0 Å². The predicted octanol–water partition coefficient (Wildman–Crippen LogP) is 3.88. The second-order valence-corrected chi connectivity index (χ2v) is 8.63. The van der Waals surface area contributed by atoms with Crippen LogP contribution in [0.25, 0.3) is 6.08 Å². The molecule has 138 valence electrons. The third-order valence-corrected chi connectivity index (χ3v) is 6.11. The lowest BCUT2D eigenvalue weighted by Gasteiger charge is -2.18. The van der Waals surface area contributed by atoms with Crippen LogP contribution in [0.5, 0.6) is 5.75 Å². The summed E-state index contributed by atoms with van der Waals surface area (Å²) in [5, 5.41) is -0.429. The maximum atomic E-state index is 12.6. The van der Waals surface area contributed by atoms with Crippen LogP contribution in [-0.2, 0) is 9.59 Å². The molecule has 2 aliphatic heterocycles. The van der Waals surface area contributed by atoms with Crippen molar-refractivity contribution < 1.29 is 19.1 Å². The quantitative estimate of drug-likeness (QED) is 0.583. The molecule has 0 bridgehead atoms. The van der Waals surface area contributed by atoms with E-state index in [0.29, 0.717) is 24.4 Å². The van der Waals surface area contributed by atoms with E-state index in [1.54, 1.807) is 17.0 Å². The molecule has 2 aliphatic rings. The summed E-state index contributed by atoms with van der Waals surface area (Å²) >= 11 is 7.65. The van der Waals surface area contributed by atoms with E-state index < -0.39 is 11.1 Å². The predicted molar refractivity (Wildman–Crippen MR) is 107 cm³/mol. The van der Waals surface area contributed by atoms with Gasteiger partial charge in [0.25, 0.3) is 11.1 Å². The fraction of sp³-hybridized carbons (Fsp3) is 0.353. The lowest BCUT2D eigenvalue weighted by atomic mass is 10.2. The van der Waals surface area contributed by atoms with Crippen LogP contribution < -0.4 is 4.74 Å². The van der Waals surface area contributed by atoms with Crippen molar-refractivity contribution in [2.24, 2.45) is 0 Å². The Kier molecular flexibility index (Phi) is 6.09. The third kappa shape index (κ3) is 3.99. The van der Waals surface area contributed by atoms with Crippen molar-refractivity contribution in [3.63, 3.8) is 0 Å². The van der Waals surface area contributed by atoms with Gasteiger partial charge in [0.15, 0.2) is 0 Å². The Hall–Kier alpha value is -1.32. The van der Waals surface area contributed by atoms with Gasteiger partial charge < -0.3 is 9.64 Å². The lowest BCUT2D eigenvalue weighted by molar-refractivity contribution is -0.135. The highest BCUT2D eigenvalue weighted by Gasteiger charge is 2.37. The average molecular weight is 504 g/mol. The molecule has 0 unspecified atom stereocenters. The molecule has 0 saturated carbocycles. The van der Waals surface area contributed by atoms with Crippen LogP contribution in [0.2, 0.25) is 0 Å². The largest absolute Gasteiger partial charge is 0.495 e. The number of nitrogens with zero attached hydrogens (tertiary/aromatic N) is 2. The second-order valence-electron chi connectivity index (χ2n) is 5.87. The summed E-state index contributed by atoms with van der Waals surface area (Å²) in [7, 11) is 1.53. The number of ether oxygens (including phenoxy) is 1. The maximum absolute atomic E-state index is 12.6. The Morgan fingerprint density at radius 2 is 1.96 bits per heavy atom. The van der Waals surface area contributed by atoms with Crippen LogP contribution in [0.3, 0.4) is 0 Å². The number of carbonyl (C=O) groups is 3. The highest BCUT2D eigenvalue weighted by molar-refractivity contribution is 9.11. The third-order valence-electron chi connectivity index (χ3n) is 4.15. The summed E-state index contributed by atoms with van der Waals surface area (Å²) < 4.78 is 6.90. The Morgan fingerprint density at radius 1 is 1.27 bits per heavy atom. The fourth-order valence-corrected chi connectivity index (χ4v) is 5.13. The zero-order valence-electron chi connectivity index (χ0n) is 14.0. The molecule has 1 aromatic rings. The first-order valence-electron chi connectivity index (χ1n) is 7.97. The van der Waals surface area contributed by atoms with E-state index in [2.05, 4.69) is 31.9 Å². The van der Waals surface area contributed by atoms with Gasteiger partial charge in [-0.15, -0.1) is 0 Å². The molecule has 0 radical (unpaired) electrons. The number of halogens is 2. The molecule has 26 heavy (non-hydrogen) atoms. The molecular weight excluding hydrogens is 488 g/mol. The molecule has 3 rings (SSSR count). The van der Waals surface area contributed by atoms with Crippen LogP contribution in [0.1, 0.15) is 18.4 Å². The van der Waals surface area contributed by atoms with Crippen molar-refractivity contribution in [1.29, 1.82) is 0 Å². The van der Waals surface area contributed by atoms with Crippen molar-refractivity contribution in [3.05, 3.63) is 31.5 Å². The Balaban J connectivity index is 1.82. The number of benzene rings is 1. The SMILES string of the molecule is COc1c(Br)cc(Br)cc1/C=C1/SC(=O)N(CC(=O)N2CCCC2)C1=O. The maximum Gasteiger partial charge on any atom is 0.294 e. The van der Waals surface area contributed by atoms with E-state index in [-0.39, 0.29) is 17.4 Å². The molecule has 0 aliphatic carbocycles. The van der Waals surface area contributed by atoms with E-state index in [4.69, 9.17) is 4.74 Å². The normalized spacial score (nSPS) is 19.0. The lowest BCUT2D eigenvalue weighted by Crippen LogP contribution is -2.40. The van der Waals surface area contributed by atoms with E-state index in [1.807, 2.05) is 6.07 Å². The number of hydrogen-bond donors (Lipinski definition) is 0. The molecule has 9 heteroatoms. The van der Waals surface area contributed by atoms with E-state index >= 15 is 0 Å². The second kappa shape index (κ2) is 8.14. The first kappa shape index (κ1) is 19.4. The van der Waals surface area contributed by atoms with Crippen LogP contribution in [-0.4, -0.2) is 53.6 Å². The molecular formula is C17H16Br2N2O4S. The van der Waals surface area contributed by atoms with Crippen LogP contribution in [0, 0.1) is 0 Å². The monoisotopic (exact) mass is 502 g/mol. The summed E-state index contributed by atoms with van der Waals surface area (Å²) in [5.74, 6) is -0.0762. The van der Waals surface area contributed by atoms with Gasteiger partial charge in [0.05, 0.1) is 16.5 Å². The van der Waals surface area contributed by atoms with Crippen LogP contribution >= 0.6 is 43.6 Å². The number of methoxy groups -OCH3 is 1. The number of thioether (sulfide) groups is 1. The molecule has 3 amide bonds. The Morgan fingerprint density at radius 3 is 2.62 bits per heavy atom. The first-order chi connectivity index (χ1) is 12.4. The molecule has 0 N–H and O–H groups in total. The van der Waals surface area contributed by atoms with Crippen molar-refractivity contribution in [1.82, 2.24) is 9.80 Å². The number of amides is 3. The van der Waals surface area contributed by atoms with Gasteiger partial charge in [0, 0.05) is 23.1 Å². The summed E-state index contributed by atoms with van der Waals surface area (Å²) in [6.45, 7) is 1.17. The standard InChI is InChI=1S/C17H16Br2N2O4S/c1-25-15-10(6-11(18)8-12(15)19)7-13-16(23)21(17(24)26-13)9-14(22)20-4-2-3-5-20/h6-8H,2-5,9H2,1H3/b13-7+. The zero-order chi connectivity index (χ0) is 18.8. The molecule has 2 saturated heterocycles. The Labute approximate surface area is 172 Å². The molecule has 0 aromatic heterocycles. The van der Waals surface area contributed by atoms with Crippen molar-refractivity contribution in [2.75, 3.05) is 26.7 Å². The number of imide groups is 1. The summed E-state index contributed by atoms with van der Waals surface area (Å²) in [6, 6.07) is 3.63. The number of carbonyl (C=O) groups excluding carboxylic acids is 3. The van der Waals surface area contributed by atoms with Gasteiger partial charge in [-0.1, -0.05) is 15.9 Å². The first-order valence-corrected chi connectivity index (χ1v) is 10.4. The molecule has 1 aromatic carbocycles. The molecule has 2 heterocycles. The van der Waals surface area contributed by atoms with Crippen molar-refractivity contribution in [3.8, 4) is 5.75 Å². The van der Waals surface area contributed by atoms with Crippen molar-refractivity contribution >= 4 is 66.8 Å². The minimum atomic E-state index is -0.453. The highest BCUT2D eigenvalue weighted by atomic mass is 79.9. The van der Waals surface area contributed by atoms with Gasteiger partial charge in [-0.05, 0) is 58.7 Å². The van der Waals surface area contributed by atoms with Gasteiger partial charge in [-0.25, -0.2) is 0 Å². The van der Waals surface area contributed by atoms with Gasteiger partial charge >= 0.3 is 0 Å². The summed E-state index contributed by atoms with van der Waals surface area (Å²) in [5.41, 5.74) is 0.658. The molecule has 6 nitrogen and oxygen atoms in total. The van der Waals surface area contributed by atoms with Gasteiger partial charge in [0.2, 0.25) is 5.91 Å². The minimum Gasteiger partial charge on any atom is -0.495 e. The minimum absolute atomic E-state index is 0.186. The number of likely N-dealkylation sites (tertiary alicyclic amines) is 1. The highest BCUT2D eigenvalue weighted by Crippen LogP contribution is 2.38. The number of hydrogen-bond acceptors (Lipinski definition) is 5.